The predicted molar refractivity (Wildman–Crippen MR) is 147 cm³/mol. The van der Waals surface area contributed by atoms with E-state index in [-0.39, 0.29) is 36.1 Å². The molecule has 5 atom stereocenters. The molecule has 0 radical (unpaired) electrons. The molecular formula is C28H48O4Si2. The minimum atomic E-state index is -1.87. The molecule has 0 aliphatic heterocycles. The molecule has 1 aromatic rings. The first-order valence-electron chi connectivity index (χ1n) is 13.5. The molecule has 0 amide bonds. The van der Waals surface area contributed by atoms with Gasteiger partial charge in [-0.15, -0.1) is 0 Å². The van der Waals surface area contributed by atoms with Crippen molar-refractivity contribution in [2.45, 2.75) is 110 Å². The van der Waals surface area contributed by atoms with E-state index in [1.54, 1.807) is 0 Å². The molecule has 1 aliphatic rings. The molecule has 1 aromatic carbocycles. The molecule has 0 N–H and O–H groups in total. The Morgan fingerprint density at radius 3 is 1.65 bits per heavy atom. The lowest BCUT2D eigenvalue weighted by Gasteiger charge is -2.42. The lowest BCUT2D eigenvalue weighted by molar-refractivity contribution is -0.0167. The van der Waals surface area contributed by atoms with Crippen LogP contribution in [0.4, 0.5) is 0 Å². The van der Waals surface area contributed by atoms with Crippen LogP contribution in [0, 0.1) is 11.8 Å². The topological polar surface area (TPSA) is 44.8 Å². The maximum absolute atomic E-state index is 12.9. The lowest BCUT2D eigenvalue weighted by atomic mass is 9.89. The van der Waals surface area contributed by atoms with Gasteiger partial charge in [0.1, 0.15) is 6.10 Å². The van der Waals surface area contributed by atoms with E-state index in [2.05, 4.69) is 67.5 Å². The predicted octanol–water partition coefficient (Wildman–Crippen LogP) is 7.83. The normalized spacial score (nSPS) is 25.7. The van der Waals surface area contributed by atoms with Crippen molar-refractivity contribution < 1.29 is 18.4 Å². The maximum atomic E-state index is 12.9. The van der Waals surface area contributed by atoms with Gasteiger partial charge >= 0.3 is 5.97 Å². The Kier molecular flexibility index (Phi) is 11.3. The Labute approximate surface area is 210 Å². The smallest absolute Gasteiger partial charge is 0.338 e. The first-order valence-corrected chi connectivity index (χ1v) is 18.6. The third-order valence-corrected chi connectivity index (χ3v) is 17.7. The molecule has 0 heterocycles. The minimum absolute atomic E-state index is 0.0163. The number of hydrogen-bond donors (Lipinski definition) is 0. The van der Waals surface area contributed by atoms with Gasteiger partial charge in [0.2, 0.25) is 0 Å². The minimum Gasteiger partial charge on any atom is -0.454 e. The monoisotopic (exact) mass is 504 g/mol. The zero-order valence-corrected chi connectivity index (χ0v) is 24.8. The van der Waals surface area contributed by atoms with E-state index in [0.717, 1.165) is 36.3 Å². The van der Waals surface area contributed by atoms with E-state index in [9.17, 15) is 4.79 Å². The summed E-state index contributed by atoms with van der Waals surface area (Å²) in [6.07, 6.45) is 3.87. The van der Waals surface area contributed by atoms with Gasteiger partial charge in [-0.25, -0.2) is 4.79 Å². The van der Waals surface area contributed by atoms with Crippen LogP contribution in [-0.2, 0) is 13.6 Å². The number of carbonyl (C=O) groups excluding carboxylic acids is 1. The summed E-state index contributed by atoms with van der Waals surface area (Å²) < 4.78 is 20.2. The summed E-state index contributed by atoms with van der Waals surface area (Å²) in [6.45, 7) is 18.1. The molecule has 0 bridgehead atoms. The second kappa shape index (κ2) is 13.2. The van der Waals surface area contributed by atoms with Gasteiger partial charge in [-0.3, -0.25) is 0 Å². The second-order valence-corrected chi connectivity index (χ2v) is 19.4. The van der Waals surface area contributed by atoms with Crippen molar-refractivity contribution in [3.05, 3.63) is 48.0 Å². The highest BCUT2D eigenvalue weighted by molar-refractivity contribution is 6.74. The highest BCUT2D eigenvalue weighted by Crippen LogP contribution is 2.37. The number of carbonyl (C=O) groups is 1. The molecule has 192 valence electrons. The number of benzene rings is 1. The second-order valence-electron chi connectivity index (χ2n) is 9.99. The van der Waals surface area contributed by atoms with E-state index in [4.69, 9.17) is 13.6 Å². The van der Waals surface area contributed by atoms with Crippen LogP contribution in [0.1, 0.15) is 65.7 Å². The number of esters is 1. The molecule has 0 aromatic heterocycles. The molecule has 4 nitrogen and oxygen atoms in total. The van der Waals surface area contributed by atoms with Crippen LogP contribution in [0.15, 0.2) is 42.5 Å². The summed E-state index contributed by atoms with van der Waals surface area (Å²) in [5.41, 5.74) is 0.583. The molecular weight excluding hydrogens is 456 g/mol. The Bertz CT molecular complexity index is 757. The van der Waals surface area contributed by atoms with Crippen LogP contribution in [0.2, 0.25) is 36.3 Å². The third kappa shape index (κ3) is 6.71. The third-order valence-electron chi connectivity index (χ3n) is 8.45. The highest BCUT2D eigenvalue weighted by atomic mass is 28.4. The molecule has 0 unspecified atom stereocenters. The summed E-state index contributed by atoms with van der Waals surface area (Å²) in [7, 11) is -3.68. The van der Waals surface area contributed by atoms with E-state index in [1.165, 1.54) is 0 Å². The van der Waals surface area contributed by atoms with Crippen molar-refractivity contribution in [1.29, 1.82) is 0 Å². The van der Waals surface area contributed by atoms with Gasteiger partial charge in [0.25, 0.3) is 0 Å². The van der Waals surface area contributed by atoms with Crippen LogP contribution < -0.4 is 0 Å². The Hall–Kier alpha value is -1.22. The molecule has 1 aliphatic carbocycles. The average Bonchev–Trinajstić information content (AvgIpc) is 2.98. The first kappa shape index (κ1) is 29.0. The van der Waals surface area contributed by atoms with E-state index in [0.29, 0.717) is 5.56 Å². The molecule has 2 rings (SSSR count). The number of hydrogen-bond acceptors (Lipinski definition) is 4. The van der Waals surface area contributed by atoms with Crippen molar-refractivity contribution >= 4 is 22.6 Å². The summed E-state index contributed by atoms with van der Waals surface area (Å²) in [4.78, 5) is 12.9. The van der Waals surface area contributed by atoms with Crippen molar-refractivity contribution in [3.63, 3.8) is 0 Å². The fourth-order valence-electron chi connectivity index (χ4n) is 5.27. The zero-order chi connectivity index (χ0) is 25.4. The van der Waals surface area contributed by atoms with Gasteiger partial charge in [0, 0.05) is 11.8 Å². The maximum Gasteiger partial charge on any atom is 0.338 e. The Morgan fingerprint density at radius 2 is 1.15 bits per heavy atom. The van der Waals surface area contributed by atoms with Gasteiger partial charge in [0.05, 0.1) is 17.8 Å². The SMILES string of the molecule is CC[Si](CC)(CC)O[C@H]1[C@@H](C)[C@H](O[Si](CC)(CC)CC)C=C[C@@H](OC(=O)c2ccccc2)[C@H]1C. The van der Waals surface area contributed by atoms with Crippen molar-refractivity contribution in [3.8, 4) is 0 Å². The van der Waals surface area contributed by atoms with Gasteiger partial charge in [-0.2, -0.15) is 0 Å². The van der Waals surface area contributed by atoms with Gasteiger partial charge in [-0.05, 0) is 54.5 Å². The van der Waals surface area contributed by atoms with Crippen LogP contribution in [0.25, 0.3) is 0 Å². The summed E-state index contributed by atoms with van der Waals surface area (Å²) in [6, 6.07) is 15.9. The molecule has 6 heteroatoms. The van der Waals surface area contributed by atoms with Gasteiger partial charge in [-0.1, -0.05) is 79.7 Å². The molecule has 0 saturated carbocycles. The van der Waals surface area contributed by atoms with Crippen molar-refractivity contribution in [2.24, 2.45) is 11.8 Å². The van der Waals surface area contributed by atoms with Crippen LogP contribution in [0.5, 0.6) is 0 Å². The highest BCUT2D eigenvalue weighted by Gasteiger charge is 2.44. The summed E-state index contributed by atoms with van der Waals surface area (Å²) >= 11 is 0. The number of rotatable bonds is 12. The van der Waals surface area contributed by atoms with Crippen molar-refractivity contribution in [1.82, 2.24) is 0 Å². The fraction of sp³-hybridized carbons (Fsp3) is 0.679. The molecule has 0 saturated heterocycles. The molecule has 0 spiro atoms. The first-order chi connectivity index (χ1) is 16.2. The van der Waals surface area contributed by atoms with E-state index < -0.39 is 16.6 Å². The van der Waals surface area contributed by atoms with Crippen LogP contribution in [0.3, 0.4) is 0 Å². The quantitative estimate of drug-likeness (QED) is 0.165. The molecule has 0 fully saturated rings. The van der Waals surface area contributed by atoms with E-state index in [1.807, 2.05) is 30.3 Å². The summed E-state index contributed by atoms with van der Waals surface area (Å²) in [5, 5.41) is 0. The largest absolute Gasteiger partial charge is 0.454 e. The summed E-state index contributed by atoms with van der Waals surface area (Å²) in [5.74, 6) is -0.0399. The van der Waals surface area contributed by atoms with Crippen LogP contribution >= 0.6 is 0 Å². The molecule has 34 heavy (non-hydrogen) atoms. The van der Waals surface area contributed by atoms with Crippen LogP contribution in [-0.4, -0.2) is 40.9 Å². The fourth-order valence-corrected chi connectivity index (χ4v) is 11.2. The number of ether oxygens (including phenoxy) is 1. The van der Waals surface area contributed by atoms with Gasteiger partial charge in [0.15, 0.2) is 16.6 Å². The van der Waals surface area contributed by atoms with Gasteiger partial charge < -0.3 is 13.6 Å². The van der Waals surface area contributed by atoms with E-state index >= 15 is 0 Å². The standard InChI is InChI=1S/C28H48O4Si2/c1-9-33(10-2,11-3)31-26-21-20-25(30-28(29)24-18-16-15-17-19-24)22(7)27(23(26)8)32-34(12-4,13-5)14-6/h15-23,25-27H,9-14H2,1-8H3/t22-,23+,25-,26-,27-/m1/s1. The zero-order valence-electron chi connectivity index (χ0n) is 22.8. The average molecular weight is 505 g/mol. The Morgan fingerprint density at radius 1 is 0.706 bits per heavy atom. The lowest BCUT2D eigenvalue weighted by Crippen LogP contribution is -2.50. The Balaban J connectivity index is 2.41. The van der Waals surface area contributed by atoms with Crippen molar-refractivity contribution in [2.75, 3.05) is 0 Å².